The Morgan fingerprint density at radius 1 is 1.33 bits per heavy atom. The van der Waals surface area contributed by atoms with E-state index >= 15 is 0 Å². The van der Waals surface area contributed by atoms with E-state index in [0.717, 1.165) is 16.4 Å². The van der Waals surface area contributed by atoms with Crippen LogP contribution in [0.25, 0.3) is 10.7 Å². The molecule has 2 aromatic heterocycles. The van der Waals surface area contributed by atoms with Gasteiger partial charge in [-0.2, -0.15) is 0 Å². The highest BCUT2D eigenvalue weighted by molar-refractivity contribution is 7.17. The average Bonchev–Trinajstić information content (AvgIpc) is 2.81. The normalized spacial score (nSPS) is 11.5. The number of hydrogen-bond acceptors (Lipinski definition) is 4. The molecule has 0 spiro atoms. The van der Waals surface area contributed by atoms with Gasteiger partial charge in [-0.25, -0.2) is 4.98 Å². The number of thiazole rings is 1. The minimum Gasteiger partial charge on any atom is -0.333 e. The van der Waals surface area contributed by atoms with E-state index in [1.165, 1.54) is 11.3 Å². The number of amides is 1. The third-order valence-electron chi connectivity index (χ3n) is 3.25. The van der Waals surface area contributed by atoms with E-state index in [-0.39, 0.29) is 11.4 Å². The standard InChI is InChI=1S/C16H21N3OS/c1-6-19(16(3,4)5)15(20)13-11(2)18-14(21-13)12-9-7-8-10-17-12/h7-10H,6H2,1-5H3. The quantitative estimate of drug-likeness (QED) is 0.867. The predicted octanol–water partition coefficient (Wildman–Crippen LogP) is 3.77. The fourth-order valence-electron chi connectivity index (χ4n) is 2.24. The molecule has 4 nitrogen and oxygen atoms in total. The van der Waals surface area contributed by atoms with Crippen LogP contribution in [-0.4, -0.2) is 32.9 Å². The van der Waals surface area contributed by atoms with Gasteiger partial charge in [0.05, 0.1) is 11.4 Å². The minimum absolute atomic E-state index is 0.0437. The molecule has 0 aromatic carbocycles. The fourth-order valence-corrected chi connectivity index (χ4v) is 3.23. The molecule has 2 aromatic rings. The summed E-state index contributed by atoms with van der Waals surface area (Å²) in [5.74, 6) is 0.0437. The number of carbonyl (C=O) groups is 1. The molecular formula is C16H21N3OS. The molecule has 0 saturated heterocycles. The summed E-state index contributed by atoms with van der Waals surface area (Å²) in [5, 5.41) is 0.793. The van der Waals surface area contributed by atoms with E-state index in [4.69, 9.17) is 0 Å². The number of nitrogens with zero attached hydrogens (tertiary/aromatic N) is 3. The van der Waals surface area contributed by atoms with Gasteiger partial charge in [-0.1, -0.05) is 6.07 Å². The Bertz CT molecular complexity index is 629. The van der Waals surface area contributed by atoms with Crippen molar-refractivity contribution in [3.63, 3.8) is 0 Å². The highest BCUT2D eigenvalue weighted by Gasteiger charge is 2.28. The van der Waals surface area contributed by atoms with Crippen LogP contribution in [0.3, 0.4) is 0 Å². The first-order valence-corrected chi connectivity index (χ1v) is 7.87. The van der Waals surface area contributed by atoms with Crippen molar-refractivity contribution in [3.8, 4) is 10.7 Å². The van der Waals surface area contributed by atoms with Gasteiger partial charge in [0, 0.05) is 18.3 Å². The van der Waals surface area contributed by atoms with Gasteiger partial charge in [-0.15, -0.1) is 11.3 Å². The van der Waals surface area contributed by atoms with Crippen molar-refractivity contribution in [2.75, 3.05) is 6.54 Å². The van der Waals surface area contributed by atoms with Crippen molar-refractivity contribution in [3.05, 3.63) is 35.0 Å². The second-order valence-corrected chi connectivity index (χ2v) is 6.87. The van der Waals surface area contributed by atoms with E-state index in [9.17, 15) is 4.79 Å². The van der Waals surface area contributed by atoms with Crippen molar-refractivity contribution in [1.82, 2.24) is 14.9 Å². The Morgan fingerprint density at radius 2 is 2.05 bits per heavy atom. The van der Waals surface area contributed by atoms with Gasteiger partial charge < -0.3 is 4.90 Å². The molecule has 0 aliphatic heterocycles. The van der Waals surface area contributed by atoms with Crippen LogP contribution in [0.15, 0.2) is 24.4 Å². The van der Waals surface area contributed by atoms with Crippen LogP contribution in [0.2, 0.25) is 0 Å². The molecule has 0 aliphatic rings. The zero-order chi connectivity index (χ0) is 15.6. The molecule has 0 radical (unpaired) electrons. The second-order valence-electron chi connectivity index (χ2n) is 5.87. The second kappa shape index (κ2) is 5.93. The summed E-state index contributed by atoms with van der Waals surface area (Å²) in [6.45, 7) is 10.7. The first-order valence-electron chi connectivity index (χ1n) is 7.05. The Kier molecular flexibility index (Phi) is 4.42. The van der Waals surface area contributed by atoms with Gasteiger partial charge in [-0.3, -0.25) is 9.78 Å². The van der Waals surface area contributed by atoms with Gasteiger partial charge in [0.1, 0.15) is 9.88 Å². The van der Waals surface area contributed by atoms with Crippen molar-refractivity contribution < 1.29 is 4.79 Å². The van der Waals surface area contributed by atoms with E-state index in [1.807, 2.05) is 57.7 Å². The van der Waals surface area contributed by atoms with Crippen LogP contribution in [0.4, 0.5) is 0 Å². The molecule has 21 heavy (non-hydrogen) atoms. The maximum atomic E-state index is 12.8. The number of aromatic nitrogens is 2. The molecule has 0 unspecified atom stereocenters. The van der Waals surface area contributed by atoms with Gasteiger partial charge in [0.2, 0.25) is 0 Å². The highest BCUT2D eigenvalue weighted by atomic mass is 32.1. The molecule has 0 bridgehead atoms. The number of aryl methyl sites for hydroxylation is 1. The molecule has 112 valence electrons. The zero-order valence-corrected chi connectivity index (χ0v) is 14.0. The van der Waals surface area contributed by atoms with Crippen LogP contribution >= 0.6 is 11.3 Å². The van der Waals surface area contributed by atoms with E-state index in [0.29, 0.717) is 11.4 Å². The Balaban J connectivity index is 2.38. The Hall–Kier alpha value is -1.75. The molecule has 2 rings (SSSR count). The van der Waals surface area contributed by atoms with Gasteiger partial charge in [0.15, 0.2) is 0 Å². The first kappa shape index (κ1) is 15.6. The Labute approximate surface area is 129 Å². The molecule has 2 heterocycles. The average molecular weight is 303 g/mol. The fraction of sp³-hybridized carbons (Fsp3) is 0.438. The summed E-state index contributed by atoms with van der Waals surface area (Å²) in [4.78, 5) is 24.1. The highest BCUT2D eigenvalue weighted by Crippen LogP contribution is 2.29. The number of carbonyl (C=O) groups excluding carboxylic acids is 1. The van der Waals surface area contributed by atoms with E-state index in [1.54, 1.807) is 6.20 Å². The smallest absolute Gasteiger partial charge is 0.266 e. The van der Waals surface area contributed by atoms with Gasteiger partial charge in [0.25, 0.3) is 5.91 Å². The van der Waals surface area contributed by atoms with Crippen molar-refractivity contribution in [2.24, 2.45) is 0 Å². The van der Waals surface area contributed by atoms with E-state index < -0.39 is 0 Å². The molecule has 1 amide bonds. The maximum Gasteiger partial charge on any atom is 0.266 e. The lowest BCUT2D eigenvalue weighted by molar-refractivity contribution is 0.0603. The van der Waals surface area contributed by atoms with Crippen molar-refractivity contribution in [1.29, 1.82) is 0 Å². The summed E-state index contributed by atoms with van der Waals surface area (Å²) in [6, 6.07) is 5.70. The molecular weight excluding hydrogens is 282 g/mol. The van der Waals surface area contributed by atoms with Gasteiger partial charge >= 0.3 is 0 Å². The first-order chi connectivity index (χ1) is 9.84. The molecule has 0 fully saturated rings. The summed E-state index contributed by atoms with van der Waals surface area (Å²) >= 11 is 1.42. The largest absolute Gasteiger partial charge is 0.333 e. The Morgan fingerprint density at radius 3 is 2.57 bits per heavy atom. The third-order valence-corrected chi connectivity index (χ3v) is 4.41. The SMILES string of the molecule is CCN(C(=O)c1sc(-c2ccccn2)nc1C)C(C)(C)C. The number of pyridine rings is 1. The van der Waals surface area contributed by atoms with Crippen LogP contribution in [0.1, 0.15) is 43.1 Å². The minimum atomic E-state index is -0.201. The lowest BCUT2D eigenvalue weighted by Gasteiger charge is -2.34. The maximum absolute atomic E-state index is 12.8. The molecule has 5 heteroatoms. The summed E-state index contributed by atoms with van der Waals surface area (Å²) in [7, 11) is 0. The zero-order valence-electron chi connectivity index (χ0n) is 13.2. The third kappa shape index (κ3) is 3.29. The van der Waals surface area contributed by atoms with Gasteiger partial charge in [-0.05, 0) is 46.8 Å². The molecule has 0 N–H and O–H groups in total. The predicted molar refractivity (Wildman–Crippen MR) is 86.5 cm³/mol. The molecule has 0 aliphatic carbocycles. The van der Waals surface area contributed by atoms with Crippen LogP contribution < -0.4 is 0 Å². The topological polar surface area (TPSA) is 46.1 Å². The monoisotopic (exact) mass is 303 g/mol. The summed E-state index contributed by atoms with van der Waals surface area (Å²) < 4.78 is 0. The molecule has 0 atom stereocenters. The van der Waals surface area contributed by atoms with Crippen molar-refractivity contribution in [2.45, 2.75) is 40.2 Å². The number of rotatable bonds is 3. The van der Waals surface area contributed by atoms with Crippen LogP contribution in [0.5, 0.6) is 0 Å². The lowest BCUT2D eigenvalue weighted by Crippen LogP contribution is -2.45. The number of hydrogen-bond donors (Lipinski definition) is 0. The van der Waals surface area contributed by atoms with Crippen LogP contribution in [-0.2, 0) is 0 Å². The summed E-state index contributed by atoms with van der Waals surface area (Å²) in [5.41, 5.74) is 1.38. The van der Waals surface area contributed by atoms with Crippen molar-refractivity contribution >= 4 is 17.2 Å². The van der Waals surface area contributed by atoms with E-state index in [2.05, 4.69) is 9.97 Å². The molecule has 0 saturated carbocycles. The lowest BCUT2D eigenvalue weighted by atomic mass is 10.1. The van der Waals surface area contributed by atoms with Crippen LogP contribution in [0, 0.1) is 6.92 Å². The summed E-state index contributed by atoms with van der Waals surface area (Å²) in [6.07, 6.45) is 1.74.